The molecule has 0 heterocycles. The van der Waals surface area contributed by atoms with Crippen LogP contribution in [0.4, 0.5) is 0 Å². The lowest BCUT2D eigenvalue weighted by molar-refractivity contribution is -0.139. The third-order valence-corrected chi connectivity index (χ3v) is 4.18. The number of phenolic OH excluding ortho intramolecular Hbond substituents is 2. The number of carboxylic acids is 1. The molecule has 0 spiro atoms. The topological polar surface area (TPSA) is 115 Å². The van der Waals surface area contributed by atoms with Gasteiger partial charge in [-0.1, -0.05) is 6.08 Å². The van der Waals surface area contributed by atoms with Gasteiger partial charge in [0.2, 0.25) is 0 Å². The van der Waals surface area contributed by atoms with Gasteiger partial charge in [0.1, 0.15) is 11.5 Å². The SMILES string of the molecule is O=C(O)CC1(CC(=O)c2cc(O)ccc2O)C=C(CO)CCC1. The Bertz CT molecular complexity index is 648. The number of benzene rings is 1. The molecule has 1 atom stereocenters. The Balaban J connectivity index is 2.32. The Morgan fingerprint density at radius 3 is 2.57 bits per heavy atom. The first-order valence-electron chi connectivity index (χ1n) is 7.44. The summed E-state index contributed by atoms with van der Waals surface area (Å²) < 4.78 is 0. The van der Waals surface area contributed by atoms with E-state index in [-0.39, 0.29) is 36.5 Å². The van der Waals surface area contributed by atoms with Crippen LogP contribution in [0.5, 0.6) is 11.5 Å². The monoisotopic (exact) mass is 320 g/mol. The predicted octanol–water partition coefficient (Wildman–Crippen LogP) is 2.23. The van der Waals surface area contributed by atoms with Crippen molar-refractivity contribution in [2.75, 3.05) is 6.61 Å². The molecule has 0 saturated heterocycles. The van der Waals surface area contributed by atoms with E-state index in [9.17, 15) is 30.0 Å². The van der Waals surface area contributed by atoms with Crippen molar-refractivity contribution in [3.63, 3.8) is 0 Å². The third kappa shape index (κ3) is 4.10. The number of phenols is 2. The number of aromatic hydroxyl groups is 2. The van der Waals surface area contributed by atoms with Gasteiger partial charge >= 0.3 is 5.97 Å². The first-order valence-corrected chi connectivity index (χ1v) is 7.44. The van der Waals surface area contributed by atoms with Gasteiger partial charge in [-0.05, 0) is 43.0 Å². The molecule has 1 unspecified atom stereocenters. The standard InChI is InChI=1S/C17H20O6/c18-10-11-2-1-5-17(7-11,9-16(22)23)8-15(21)13-6-12(19)3-4-14(13)20/h3-4,6-7,18-20H,1-2,5,8-10H2,(H,22,23). The Morgan fingerprint density at radius 2 is 1.91 bits per heavy atom. The predicted molar refractivity (Wildman–Crippen MR) is 82.4 cm³/mol. The molecule has 0 amide bonds. The minimum absolute atomic E-state index is 0.0284. The number of ketones is 1. The molecule has 0 saturated carbocycles. The van der Waals surface area contributed by atoms with Crippen LogP contribution >= 0.6 is 0 Å². The maximum atomic E-state index is 12.5. The highest BCUT2D eigenvalue weighted by molar-refractivity contribution is 5.99. The van der Waals surface area contributed by atoms with Crippen LogP contribution in [-0.2, 0) is 4.79 Å². The van der Waals surface area contributed by atoms with Gasteiger partial charge in [-0.25, -0.2) is 0 Å². The van der Waals surface area contributed by atoms with E-state index in [2.05, 4.69) is 0 Å². The molecule has 0 aliphatic heterocycles. The lowest BCUT2D eigenvalue weighted by atomic mass is 9.70. The summed E-state index contributed by atoms with van der Waals surface area (Å²) in [6.45, 7) is -0.160. The van der Waals surface area contributed by atoms with Crippen LogP contribution in [0.3, 0.4) is 0 Å². The van der Waals surface area contributed by atoms with Gasteiger partial charge < -0.3 is 20.4 Å². The zero-order valence-electron chi connectivity index (χ0n) is 12.7. The van der Waals surface area contributed by atoms with E-state index in [0.29, 0.717) is 19.3 Å². The van der Waals surface area contributed by atoms with Gasteiger partial charge in [-0.15, -0.1) is 0 Å². The minimum Gasteiger partial charge on any atom is -0.508 e. The smallest absolute Gasteiger partial charge is 0.304 e. The Hall–Kier alpha value is -2.34. The molecule has 23 heavy (non-hydrogen) atoms. The molecular formula is C17H20O6. The highest BCUT2D eigenvalue weighted by Gasteiger charge is 2.36. The maximum Gasteiger partial charge on any atom is 0.304 e. The second-order valence-corrected chi connectivity index (χ2v) is 6.05. The maximum absolute atomic E-state index is 12.5. The summed E-state index contributed by atoms with van der Waals surface area (Å²) >= 11 is 0. The number of aliphatic carboxylic acids is 1. The van der Waals surface area contributed by atoms with Crippen molar-refractivity contribution in [1.29, 1.82) is 0 Å². The number of carbonyl (C=O) groups is 2. The molecule has 6 heteroatoms. The lowest BCUT2D eigenvalue weighted by Gasteiger charge is -2.33. The minimum atomic E-state index is -1.02. The molecule has 0 bridgehead atoms. The van der Waals surface area contributed by atoms with Crippen LogP contribution in [0.15, 0.2) is 29.8 Å². The summed E-state index contributed by atoms with van der Waals surface area (Å²) in [6.07, 6.45) is 3.28. The number of aliphatic hydroxyl groups excluding tert-OH is 1. The largest absolute Gasteiger partial charge is 0.508 e. The number of rotatable bonds is 6. The number of hydrogen-bond acceptors (Lipinski definition) is 5. The van der Waals surface area contributed by atoms with Crippen molar-refractivity contribution in [1.82, 2.24) is 0 Å². The van der Waals surface area contributed by atoms with E-state index in [0.717, 1.165) is 5.57 Å². The molecule has 6 nitrogen and oxygen atoms in total. The van der Waals surface area contributed by atoms with E-state index in [1.165, 1.54) is 18.2 Å². The lowest BCUT2D eigenvalue weighted by Crippen LogP contribution is -2.29. The molecule has 1 aliphatic carbocycles. The van der Waals surface area contributed by atoms with Gasteiger partial charge in [-0.3, -0.25) is 9.59 Å². The zero-order chi connectivity index (χ0) is 17.0. The van der Waals surface area contributed by atoms with Crippen molar-refractivity contribution >= 4 is 11.8 Å². The molecule has 2 rings (SSSR count). The molecule has 0 aromatic heterocycles. The second-order valence-electron chi connectivity index (χ2n) is 6.05. The van der Waals surface area contributed by atoms with Gasteiger partial charge in [0.05, 0.1) is 18.6 Å². The van der Waals surface area contributed by atoms with Crippen LogP contribution in [0.2, 0.25) is 0 Å². The zero-order valence-corrected chi connectivity index (χ0v) is 12.7. The summed E-state index contributed by atoms with van der Waals surface area (Å²) in [5.74, 6) is -1.85. The summed E-state index contributed by atoms with van der Waals surface area (Å²) in [7, 11) is 0. The normalized spacial score (nSPS) is 20.8. The van der Waals surface area contributed by atoms with Crippen LogP contribution < -0.4 is 0 Å². The summed E-state index contributed by atoms with van der Waals surface area (Å²) in [6, 6.07) is 3.66. The number of allylic oxidation sites excluding steroid dienone is 1. The fourth-order valence-electron chi connectivity index (χ4n) is 3.17. The van der Waals surface area contributed by atoms with Crippen molar-refractivity contribution in [3.05, 3.63) is 35.4 Å². The van der Waals surface area contributed by atoms with E-state index >= 15 is 0 Å². The molecular weight excluding hydrogens is 300 g/mol. The average molecular weight is 320 g/mol. The fraction of sp³-hybridized carbons (Fsp3) is 0.412. The molecule has 1 aromatic carbocycles. The van der Waals surface area contributed by atoms with Crippen LogP contribution in [0.25, 0.3) is 0 Å². The van der Waals surface area contributed by atoms with E-state index in [1.54, 1.807) is 6.08 Å². The molecule has 1 aromatic rings. The van der Waals surface area contributed by atoms with Gasteiger partial charge in [-0.2, -0.15) is 0 Å². The van der Waals surface area contributed by atoms with Crippen LogP contribution in [0.1, 0.15) is 42.5 Å². The van der Waals surface area contributed by atoms with Crippen LogP contribution in [0, 0.1) is 5.41 Å². The molecule has 0 radical (unpaired) electrons. The van der Waals surface area contributed by atoms with Gasteiger partial charge in [0.25, 0.3) is 0 Å². The highest BCUT2D eigenvalue weighted by Crippen LogP contribution is 2.42. The third-order valence-electron chi connectivity index (χ3n) is 4.18. The van der Waals surface area contributed by atoms with E-state index in [4.69, 9.17) is 0 Å². The summed E-state index contributed by atoms with van der Waals surface area (Å²) in [5, 5.41) is 37.8. The molecule has 0 fully saturated rings. The van der Waals surface area contributed by atoms with Crippen molar-refractivity contribution in [2.45, 2.75) is 32.1 Å². The number of Topliss-reactive ketones (excluding diaryl/α,β-unsaturated/α-hetero) is 1. The summed E-state index contributed by atoms with van der Waals surface area (Å²) in [5.41, 5.74) is -0.179. The quantitative estimate of drug-likeness (QED) is 0.363. The Kier molecular flexibility index (Phi) is 5.05. The number of hydrogen-bond donors (Lipinski definition) is 4. The summed E-state index contributed by atoms with van der Waals surface area (Å²) in [4.78, 5) is 23.7. The molecule has 1 aliphatic rings. The molecule has 124 valence electrons. The Labute approximate surface area is 133 Å². The average Bonchev–Trinajstić information content (AvgIpc) is 2.48. The van der Waals surface area contributed by atoms with E-state index in [1.807, 2.05) is 0 Å². The number of carbonyl (C=O) groups excluding carboxylic acids is 1. The first kappa shape index (κ1) is 17.0. The van der Waals surface area contributed by atoms with Crippen LogP contribution in [-0.4, -0.2) is 38.8 Å². The van der Waals surface area contributed by atoms with Crippen molar-refractivity contribution in [2.24, 2.45) is 5.41 Å². The first-order chi connectivity index (χ1) is 10.8. The van der Waals surface area contributed by atoms with E-state index < -0.39 is 17.2 Å². The van der Waals surface area contributed by atoms with Gasteiger partial charge in [0, 0.05) is 11.8 Å². The van der Waals surface area contributed by atoms with Crippen molar-refractivity contribution < 1.29 is 30.0 Å². The second kappa shape index (κ2) is 6.83. The van der Waals surface area contributed by atoms with Gasteiger partial charge in [0.15, 0.2) is 5.78 Å². The number of carboxylic acid groups (broad SMARTS) is 1. The number of aliphatic hydroxyl groups is 1. The van der Waals surface area contributed by atoms with Crippen molar-refractivity contribution in [3.8, 4) is 11.5 Å². The highest BCUT2D eigenvalue weighted by atomic mass is 16.4. The Morgan fingerprint density at radius 1 is 1.17 bits per heavy atom. The fourth-order valence-corrected chi connectivity index (χ4v) is 3.17. The molecule has 4 N–H and O–H groups in total.